The van der Waals surface area contributed by atoms with E-state index in [-0.39, 0.29) is 0 Å². The third-order valence-electron chi connectivity index (χ3n) is 4.28. The van der Waals surface area contributed by atoms with Crippen LogP contribution in [0.15, 0.2) is 12.1 Å². The first-order valence-electron chi connectivity index (χ1n) is 7.86. The zero-order valence-electron chi connectivity index (χ0n) is 12.6. The zero-order chi connectivity index (χ0) is 15.3. The van der Waals surface area contributed by atoms with Crippen LogP contribution in [0.1, 0.15) is 48.3 Å². The van der Waals surface area contributed by atoms with Gasteiger partial charge in [0.25, 0.3) is 0 Å². The van der Waals surface area contributed by atoms with Gasteiger partial charge in [0.1, 0.15) is 12.4 Å². The maximum absolute atomic E-state index is 6.01. The Hall–Kier alpha value is -0.690. The van der Waals surface area contributed by atoms with Crippen LogP contribution in [0, 0.1) is 4.77 Å². The number of halogens is 1. The smallest absolute Gasteiger partial charge is 0.203 e. The lowest BCUT2D eigenvalue weighted by atomic mass is 10.4. The molecule has 0 aromatic carbocycles. The average molecular weight is 356 g/mol. The van der Waals surface area contributed by atoms with E-state index < -0.39 is 0 Å². The van der Waals surface area contributed by atoms with Crippen LogP contribution in [-0.4, -0.2) is 21.4 Å². The molecular weight excluding hydrogens is 336 g/mol. The van der Waals surface area contributed by atoms with Crippen LogP contribution in [0.3, 0.4) is 0 Å². The van der Waals surface area contributed by atoms with Crippen molar-refractivity contribution in [1.29, 1.82) is 0 Å². The molecule has 4 nitrogen and oxygen atoms in total. The molecule has 1 N–H and O–H groups in total. The average Bonchev–Trinajstić information content (AvgIpc) is 3.38. The van der Waals surface area contributed by atoms with E-state index in [2.05, 4.69) is 17.7 Å². The van der Waals surface area contributed by atoms with E-state index in [0.29, 0.717) is 12.0 Å². The first-order valence-corrected chi connectivity index (χ1v) is 9.47. The van der Waals surface area contributed by atoms with Crippen molar-refractivity contribution in [1.82, 2.24) is 14.3 Å². The molecular formula is C15H20ClN4S2+. The fourth-order valence-electron chi connectivity index (χ4n) is 2.89. The molecule has 4 rings (SSSR count). The summed E-state index contributed by atoms with van der Waals surface area (Å²) < 4.78 is 6.13. The van der Waals surface area contributed by atoms with E-state index >= 15 is 0 Å². The van der Waals surface area contributed by atoms with Crippen molar-refractivity contribution in [3.8, 4) is 0 Å². The summed E-state index contributed by atoms with van der Waals surface area (Å²) in [6, 6.07) is 4.69. The van der Waals surface area contributed by atoms with E-state index in [1.54, 1.807) is 11.3 Å². The van der Waals surface area contributed by atoms with Crippen LogP contribution in [0.25, 0.3) is 0 Å². The third kappa shape index (κ3) is 3.02. The number of quaternary nitrogens is 1. The zero-order valence-corrected chi connectivity index (χ0v) is 15.0. The Balaban J connectivity index is 1.52. The number of thiophene rings is 1. The van der Waals surface area contributed by atoms with Crippen LogP contribution in [0.2, 0.25) is 4.34 Å². The molecule has 0 saturated heterocycles. The van der Waals surface area contributed by atoms with E-state index in [1.165, 1.54) is 41.3 Å². The van der Waals surface area contributed by atoms with Crippen molar-refractivity contribution < 1.29 is 4.90 Å². The van der Waals surface area contributed by atoms with Crippen molar-refractivity contribution in [2.45, 2.75) is 50.9 Å². The first kappa shape index (κ1) is 14.9. The fraction of sp³-hybridized carbons (Fsp3) is 0.600. The van der Waals surface area contributed by atoms with Gasteiger partial charge in [-0.15, -0.1) is 11.3 Å². The molecule has 1 unspecified atom stereocenters. The molecule has 0 amide bonds. The van der Waals surface area contributed by atoms with Crippen molar-refractivity contribution in [2.24, 2.45) is 0 Å². The summed E-state index contributed by atoms with van der Waals surface area (Å²) in [5, 5.41) is 4.85. The van der Waals surface area contributed by atoms with Gasteiger partial charge in [0.15, 0.2) is 6.67 Å². The predicted molar refractivity (Wildman–Crippen MR) is 91.2 cm³/mol. The second kappa shape index (κ2) is 5.74. The Morgan fingerprint density at radius 3 is 2.73 bits per heavy atom. The minimum absolute atomic E-state index is 0.619. The Kier molecular flexibility index (Phi) is 3.88. The highest BCUT2D eigenvalue weighted by molar-refractivity contribution is 7.71. The highest BCUT2D eigenvalue weighted by Crippen LogP contribution is 2.44. The molecule has 2 aliphatic rings. The lowest BCUT2D eigenvalue weighted by Gasteiger charge is -2.12. The highest BCUT2D eigenvalue weighted by Gasteiger charge is 2.36. The highest BCUT2D eigenvalue weighted by atomic mass is 35.5. The number of rotatable bonds is 6. The van der Waals surface area contributed by atoms with Gasteiger partial charge in [0.05, 0.1) is 16.3 Å². The summed E-state index contributed by atoms with van der Waals surface area (Å²) in [6.45, 7) is 1.77. The molecule has 0 bridgehead atoms. The van der Waals surface area contributed by atoms with Crippen LogP contribution in [-0.2, 0) is 13.2 Å². The van der Waals surface area contributed by atoms with Crippen LogP contribution in [0.5, 0.6) is 0 Å². The van der Waals surface area contributed by atoms with Gasteiger partial charge >= 0.3 is 0 Å². The molecule has 2 fully saturated rings. The molecule has 7 heteroatoms. The molecule has 2 aliphatic carbocycles. The van der Waals surface area contributed by atoms with Crippen molar-refractivity contribution >= 4 is 35.2 Å². The molecule has 0 aliphatic heterocycles. The number of nitrogens with zero attached hydrogens (tertiary/aromatic N) is 3. The van der Waals surface area contributed by atoms with Gasteiger partial charge in [0, 0.05) is 12.0 Å². The van der Waals surface area contributed by atoms with Gasteiger partial charge < -0.3 is 9.47 Å². The summed E-state index contributed by atoms with van der Waals surface area (Å²) in [5.74, 6) is 1.89. The second-order valence-electron chi connectivity index (χ2n) is 6.51. The summed E-state index contributed by atoms with van der Waals surface area (Å²) in [4.78, 5) is 2.68. The Morgan fingerprint density at radius 1 is 1.36 bits per heavy atom. The molecule has 0 radical (unpaired) electrons. The normalized spacial score (nSPS) is 19.5. The van der Waals surface area contributed by atoms with Gasteiger partial charge in [-0.3, -0.25) is 0 Å². The monoisotopic (exact) mass is 355 g/mol. The van der Waals surface area contributed by atoms with Crippen LogP contribution >= 0.6 is 35.2 Å². The minimum atomic E-state index is 0.619. The van der Waals surface area contributed by atoms with Crippen molar-refractivity contribution in [3.63, 3.8) is 0 Å². The predicted octanol–water partition coefficient (Wildman–Crippen LogP) is 3.01. The van der Waals surface area contributed by atoms with Gasteiger partial charge in [-0.05, 0) is 50.0 Å². The van der Waals surface area contributed by atoms with Crippen LogP contribution < -0.4 is 4.90 Å². The summed E-state index contributed by atoms with van der Waals surface area (Å²) >= 11 is 13.4. The van der Waals surface area contributed by atoms with E-state index in [9.17, 15) is 0 Å². The molecule has 0 spiro atoms. The number of hydrogen-bond donors (Lipinski definition) is 1. The molecule has 1 atom stereocenters. The van der Waals surface area contributed by atoms with Gasteiger partial charge in [-0.1, -0.05) is 11.6 Å². The molecule has 2 aromatic heterocycles. The maximum Gasteiger partial charge on any atom is 0.203 e. The number of aromatic nitrogens is 3. The van der Waals surface area contributed by atoms with E-state index in [0.717, 1.165) is 22.3 Å². The van der Waals surface area contributed by atoms with Crippen LogP contribution in [0.4, 0.5) is 0 Å². The van der Waals surface area contributed by atoms with E-state index in [1.807, 2.05) is 10.7 Å². The topological polar surface area (TPSA) is 27.2 Å². The standard InChI is InChI=1S/C15H19ClN4S2/c1-18(8-12-6-7-13(16)22-12)9-19-15(21)20(11-4-5-11)14(17-19)10-2-3-10/h6-7,10-11H,2-5,8-9H2,1H3/p+1. The summed E-state index contributed by atoms with van der Waals surface area (Å²) in [7, 11) is 2.18. The quantitative estimate of drug-likeness (QED) is 0.806. The van der Waals surface area contributed by atoms with E-state index in [4.69, 9.17) is 28.9 Å². The van der Waals surface area contributed by atoms with Gasteiger partial charge in [-0.25, -0.2) is 0 Å². The maximum atomic E-state index is 6.01. The molecule has 2 aromatic rings. The largest absolute Gasteiger partial charge is 0.314 e. The first-order chi connectivity index (χ1) is 10.6. The third-order valence-corrected chi connectivity index (χ3v) is 5.91. The Morgan fingerprint density at radius 2 is 2.14 bits per heavy atom. The second-order valence-corrected chi connectivity index (χ2v) is 8.68. The van der Waals surface area contributed by atoms with Gasteiger partial charge in [0.2, 0.25) is 4.77 Å². The van der Waals surface area contributed by atoms with Gasteiger partial charge in [-0.2, -0.15) is 9.78 Å². The summed E-state index contributed by atoms with van der Waals surface area (Å²) in [5.41, 5.74) is 0. The minimum Gasteiger partial charge on any atom is -0.314 e. The fourth-order valence-corrected chi connectivity index (χ4v) is 4.44. The van der Waals surface area contributed by atoms with Crippen molar-refractivity contribution in [2.75, 3.05) is 7.05 Å². The SMILES string of the molecule is C[NH+](Cc1ccc(Cl)s1)Cn1nc(C2CC2)n(C2CC2)c1=S. The molecule has 22 heavy (non-hydrogen) atoms. The molecule has 2 heterocycles. The number of hydrogen-bond acceptors (Lipinski definition) is 3. The lowest BCUT2D eigenvalue weighted by molar-refractivity contribution is -0.917. The van der Waals surface area contributed by atoms with Crippen molar-refractivity contribution in [3.05, 3.63) is 31.9 Å². The Labute approximate surface area is 144 Å². The summed E-state index contributed by atoms with van der Waals surface area (Å²) in [6.07, 6.45) is 5.07. The lowest BCUT2D eigenvalue weighted by Crippen LogP contribution is -3.06. The molecule has 118 valence electrons. The molecule has 2 saturated carbocycles. The Bertz CT molecular complexity index is 739. The number of nitrogens with one attached hydrogen (secondary N) is 1.